The standard InChI is InChI=1S/C17H28O5/c1-3-16-4-6-17(7-5-16)22-15-14-21-13-12-20-11-10-19-9-8-18-2/h4-7H,3,8-15H2,1-2H3. The van der Waals surface area contributed by atoms with Gasteiger partial charge in [0.2, 0.25) is 0 Å². The summed E-state index contributed by atoms with van der Waals surface area (Å²) in [6, 6.07) is 8.15. The highest BCUT2D eigenvalue weighted by molar-refractivity contribution is 5.27. The third-order valence-corrected chi connectivity index (χ3v) is 3.00. The number of rotatable bonds is 14. The lowest BCUT2D eigenvalue weighted by Crippen LogP contribution is -2.13. The van der Waals surface area contributed by atoms with Crippen LogP contribution in [-0.4, -0.2) is 60.0 Å². The first kappa shape index (κ1) is 18.9. The molecule has 0 radical (unpaired) electrons. The number of benzene rings is 1. The third-order valence-electron chi connectivity index (χ3n) is 3.00. The van der Waals surface area contributed by atoms with E-state index in [0.717, 1.165) is 12.2 Å². The van der Waals surface area contributed by atoms with Crippen LogP contribution in [0.25, 0.3) is 0 Å². The van der Waals surface area contributed by atoms with Gasteiger partial charge in [-0.3, -0.25) is 0 Å². The van der Waals surface area contributed by atoms with Gasteiger partial charge >= 0.3 is 0 Å². The number of ether oxygens (including phenoxy) is 5. The Morgan fingerprint density at radius 3 is 1.68 bits per heavy atom. The molecule has 5 nitrogen and oxygen atoms in total. The minimum atomic E-state index is 0.547. The fourth-order valence-corrected chi connectivity index (χ4v) is 1.72. The Balaban J connectivity index is 1.85. The first-order valence-corrected chi connectivity index (χ1v) is 7.80. The van der Waals surface area contributed by atoms with Gasteiger partial charge in [0, 0.05) is 7.11 Å². The molecule has 0 unspecified atom stereocenters. The molecule has 0 aliphatic carbocycles. The van der Waals surface area contributed by atoms with Gasteiger partial charge in [0.05, 0.1) is 46.2 Å². The average molecular weight is 312 g/mol. The van der Waals surface area contributed by atoms with Gasteiger partial charge in [0.15, 0.2) is 0 Å². The van der Waals surface area contributed by atoms with Crippen LogP contribution in [0.4, 0.5) is 0 Å². The summed E-state index contributed by atoms with van der Waals surface area (Å²) in [5, 5.41) is 0. The van der Waals surface area contributed by atoms with E-state index < -0.39 is 0 Å². The molecule has 0 atom stereocenters. The van der Waals surface area contributed by atoms with Gasteiger partial charge in [0.25, 0.3) is 0 Å². The molecule has 0 heterocycles. The molecule has 0 spiro atoms. The Labute approximate surface area is 133 Å². The molecule has 22 heavy (non-hydrogen) atoms. The molecule has 0 aliphatic rings. The van der Waals surface area contributed by atoms with Gasteiger partial charge in [-0.15, -0.1) is 0 Å². The van der Waals surface area contributed by atoms with Crippen molar-refractivity contribution in [2.24, 2.45) is 0 Å². The summed E-state index contributed by atoms with van der Waals surface area (Å²) in [5.74, 6) is 0.880. The zero-order chi connectivity index (χ0) is 15.9. The predicted octanol–water partition coefficient (Wildman–Crippen LogP) is 2.32. The third kappa shape index (κ3) is 9.73. The highest BCUT2D eigenvalue weighted by Crippen LogP contribution is 2.12. The molecule has 0 aliphatic heterocycles. The van der Waals surface area contributed by atoms with Crippen molar-refractivity contribution in [2.45, 2.75) is 13.3 Å². The fraction of sp³-hybridized carbons (Fsp3) is 0.647. The van der Waals surface area contributed by atoms with E-state index in [2.05, 4.69) is 19.1 Å². The van der Waals surface area contributed by atoms with E-state index in [0.29, 0.717) is 52.9 Å². The minimum absolute atomic E-state index is 0.547. The lowest BCUT2D eigenvalue weighted by Gasteiger charge is -2.08. The van der Waals surface area contributed by atoms with Crippen LogP contribution in [0.5, 0.6) is 5.75 Å². The van der Waals surface area contributed by atoms with Gasteiger partial charge in [-0.1, -0.05) is 19.1 Å². The molecule has 0 bridgehead atoms. The summed E-state index contributed by atoms with van der Waals surface area (Å²) in [5.41, 5.74) is 1.31. The average Bonchev–Trinajstić information content (AvgIpc) is 2.56. The molecule has 0 aromatic heterocycles. The predicted molar refractivity (Wildman–Crippen MR) is 85.6 cm³/mol. The molecule has 0 N–H and O–H groups in total. The van der Waals surface area contributed by atoms with Crippen molar-refractivity contribution in [3.8, 4) is 5.75 Å². The molecule has 126 valence electrons. The second kappa shape index (κ2) is 13.5. The van der Waals surface area contributed by atoms with E-state index in [9.17, 15) is 0 Å². The van der Waals surface area contributed by atoms with E-state index in [1.54, 1.807) is 7.11 Å². The van der Waals surface area contributed by atoms with Crippen molar-refractivity contribution in [3.05, 3.63) is 29.8 Å². The molecule has 1 aromatic carbocycles. The SMILES string of the molecule is CCc1ccc(OCCOCCOCCOCCOC)cc1. The van der Waals surface area contributed by atoms with Gasteiger partial charge in [0.1, 0.15) is 12.4 Å². The molecular weight excluding hydrogens is 284 g/mol. The molecule has 1 rings (SSSR count). The maximum Gasteiger partial charge on any atom is 0.119 e. The summed E-state index contributed by atoms with van der Waals surface area (Å²) in [6.07, 6.45) is 1.04. The Morgan fingerprint density at radius 1 is 0.682 bits per heavy atom. The highest BCUT2D eigenvalue weighted by atomic mass is 16.6. The van der Waals surface area contributed by atoms with Crippen LogP contribution < -0.4 is 4.74 Å². The number of hydrogen-bond acceptors (Lipinski definition) is 5. The van der Waals surface area contributed by atoms with E-state index in [1.807, 2.05) is 12.1 Å². The quantitative estimate of drug-likeness (QED) is 0.493. The first-order valence-electron chi connectivity index (χ1n) is 7.80. The summed E-state index contributed by atoms with van der Waals surface area (Å²) < 4.78 is 26.5. The number of aryl methyl sites for hydroxylation is 1. The number of methoxy groups -OCH3 is 1. The Kier molecular flexibility index (Phi) is 11.6. The zero-order valence-corrected chi connectivity index (χ0v) is 13.7. The maximum atomic E-state index is 5.59. The second-order valence-corrected chi connectivity index (χ2v) is 4.68. The molecule has 0 amide bonds. The van der Waals surface area contributed by atoms with E-state index >= 15 is 0 Å². The maximum absolute atomic E-state index is 5.59. The lowest BCUT2D eigenvalue weighted by atomic mass is 10.2. The fourth-order valence-electron chi connectivity index (χ4n) is 1.72. The monoisotopic (exact) mass is 312 g/mol. The first-order chi connectivity index (χ1) is 10.9. The van der Waals surface area contributed by atoms with Gasteiger partial charge < -0.3 is 23.7 Å². The van der Waals surface area contributed by atoms with Crippen molar-refractivity contribution in [1.82, 2.24) is 0 Å². The van der Waals surface area contributed by atoms with Gasteiger partial charge in [-0.25, -0.2) is 0 Å². The van der Waals surface area contributed by atoms with Crippen LogP contribution >= 0.6 is 0 Å². The van der Waals surface area contributed by atoms with Crippen LogP contribution in [0.2, 0.25) is 0 Å². The lowest BCUT2D eigenvalue weighted by molar-refractivity contribution is 0.000163. The Bertz CT molecular complexity index is 353. The molecule has 0 fully saturated rings. The van der Waals surface area contributed by atoms with E-state index in [-0.39, 0.29) is 0 Å². The Hall–Kier alpha value is -1.14. The van der Waals surface area contributed by atoms with Crippen molar-refractivity contribution in [2.75, 3.05) is 60.0 Å². The van der Waals surface area contributed by atoms with Crippen LogP contribution in [-0.2, 0) is 25.4 Å². The topological polar surface area (TPSA) is 46.2 Å². The zero-order valence-electron chi connectivity index (χ0n) is 13.7. The molecule has 1 aromatic rings. The minimum Gasteiger partial charge on any atom is -0.491 e. The summed E-state index contributed by atoms with van der Waals surface area (Å²) in [6.45, 7) is 6.76. The number of hydrogen-bond donors (Lipinski definition) is 0. The molecule has 0 saturated carbocycles. The van der Waals surface area contributed by atoms with E-state index in [4.69, 9.17) is 23.7 Å². The summed E-state index contributed by atoms with van der Waals surface area (Å²) >= 11 is 0. The highest BCUT2D eigenvalue weighted by Gasteiger charge is 1.95. The van der Waals surface area contributed by atoms with Crippen molar-refractivity contribution in [1.29, 1.82) is 0 Å². The summed E-state index contributed by atoms with van der Waals surface area (Å²) in [4.78, 5) is 0. The van der Waals surface area contributed by atoms with Crippen molar-refractivity contribution in [3.63, 3.8) is 0 Å². The Morgan fingerprint density at radius 2 is 1.18 bits per heavy atom. The van der Waals surface area contributed by atoms with Crippen LogP contribution in [0.3, 0.4) is 0 Å². The molecular formula is C17H28O5. The normalized spacial score (nSPS) is 10.8. The summed E-state index contributed by atoms with van der Waals surface area (Å²) in [7, 11) is 1.65. The van der Waals surface area contributed by atoms with Crippen molar-refractivity contribution >= 4 is 0 Å². The van der Waals surface area contributed by atoms with Crippen LogP contribution in [0.15, 0.2) is 24.3 Å². The van der Waals surface area contributed by atoms with Gasteiger partial charge in [-0.05, 0) is 24.1 Å². The van der Waals surface area contributed by atoms with Gasteiger partial charge in [-0.2, -0.15) is 0 Å². The van der Waals surface area contributed by atoms with Crippen LogP contribution in [0, 0.1) is 0 Å². The van der Waals surface area contributed by atoms with E-state index in [1.165, 1.54) is 5.56 Å². The van der Waals surface area contributed by atoms with Crippen LogP contribution in [0.1, 0.15) is 12.5 Å². The van der Waals surface area contributed by atoms with Crippen molar-refractivity contribution < 1.29 is 23.7 Å². The largest absolute Gasteiger partial charge is 0.491 e. The second-order valence-electron chi connectivity index (χ2n) is 4.68. The molecule has 5 heteroatoms. The smallest absolute Gasteiger partial charge is 0.119 e. The molecule has 0 saturated heterocycles.